The van der Waals surface area contributed by atoms with Crippen LogP contribution in [0.25, 0.3) is 127 Å². The molecule has 0 bridgehead atoms. The normalized spacial score (nSPS) is 11.9. The molecule has 0 amide bonds. The van der Waals surface area contributed by atoms with Crippen LogP contribution in [-0.4, -0.2) is 9.13 Å². The van der Waals surface area contributed by atoms with Crippen LogP contribution in [0.3, 0.4) is 0 Å². The van der Waals surface area contributed by atoms with Crippen molar-refractivity contribution >= 4 is 93.9 Å². The van der Waals surface area contributed by atoms with Crippen LogP contribution in [0, 0.1) is 17.9 Å². The highest BCUT2D eigenvalue weighted by molar-refractivity contribution is 6.18. The fraction of sp³-hybridized carbons (Fsp3) is 0.00763. The lowest BCUT2D eigenvalue weighted by Crippen LogP contribution is -2.26. The zero-order chi connectivity index (χ0) is 89.9. The molecular formula is C131H84N4. The van der Waals surface area contributed by atoms with Crippen molar-refractivity contribution in [3.05, 3.63) is 638 Å². The van der Waals surface area contributed by atoms with Gasteiger partial charge in [-0.2, -0.15) is 5.26 Å². The fourth-order valence-electron chi connectivity index (χ4n) is 21.7. The summed E-state index contributed by atoms with van der Waals surface area (Å²) < 4.78 is 4.98. The van der Waals surface area contributed by atoms with E-state index in [0.717, 1.165) is 233 Å². The van der Waals surface area contributed by atoms with E-state index in [2.05, 4.69) is 517 Å². The van der Waals surface area contributed by atoms with Gasteiger partial charge >= 0.3 is 0 Å². The summed E-state index contributed by atoms with van der Waals surface area (Å²) in [7, 11) is 0. The molecule has 2 heterocycles. The molecule has 0 unspecified atom stereocenters. The smallest absolute Gasteiger partial charge is 0.187 e. The van der Waals surface area contributed by atoms with Gasteiger partial charge in [0.15, 0.2) is 5.69 Å². The molecule has 0 aliphatic heterocycles. The summed E-state index contributed by atoms with van der Waals surface area (Å²) in [6.07, 6.45) is 0. The number of hydrogen-bond donors (Lipinski definition) is 0. The van der Waals surface area contributed by atoms with E-state index >= 15 is 0 Å². The number of aromatic nitrogens is 2. The minimum absolute atomic E-state index is 0.531. The Kier molecular flexibility index (Phi) is 20.3. The Morgan fingerprint density at radius 1 is 0.200 bits per heavy atom. The third kappa shape index (κ3) is 13.8. The number of nitriles is 1. The molecule has 0 fully saturated rings. The quantitative estimate of drug-likeness (QED) is 0.0623. The molecule has 628 valence electrons. The van der Waals surface area contributed by atoms with Gasteiger partial charge < -0.3 is 9.13 Å². The summed E-state index contributed by atoms with van der Waals surface area (Å²) in [6.45, 7) is 8.91. The first-order chi connectivity index (χ1) is 66.9. The maximum absolute atomic E-state index is 11.4. The third-order valence-electron chi connectivity index (χ3n) is 27.4. The molecule has 0 saturated heterocycles. The highest BCUT2D eigenvalue weighted by Gasteiger charge is 2.53. The number of benzene rings is 20. The Bertz CT molecular complexity index is 7560. The van der Waals surface area contributed by atoms with Crippen molar-refractivity contribution in [2.24, 2.45) is 0 Å². The van der Waals surface area contributed by atoms with E-state index < -0.39 is 5.41 Å². The van der Waals surface area contributed by atoms with Crippen molar-refractivity contribution in [1.29, 1.82) is 5.26 Å². The first-order valence-electron chi connectivity index (χ1n) is 46.1. The van der Waals surface area contributed by atoms with Crippen molar-refractivity contribution in [3.63, 3.8) is 0 Å². The van der Waals surface area contributed by atoms with Gasteiger partial charge in [-0.1, -0.05) is 425 Å². The second-order valence-electron chi connectivity index (χ2n) is 34.9. The lowest BCUT2D eigenvalue weighted by atomic mass is 9.70. The predicted octanol–water partition coefficient (Wildman–Crippen LogP) is 32.7. The van der Waals surface area contributed by atoms with Gasteiger partial charge in [0.1, 0.15) is 0 Å². The molecule has 24 rings (SSSR count). The van der Waals surface area contributed by atoms with Crippen LogP contribution in [0.1, 0.15) is 117 Å². The summed E-state index contributed by atoms with van der Waals surface area (Å²) in [5.41, 5.74) is 40.9. The van der Waals surface area contributed by atoms with Gasteiger partial charge in [0.2, 0.25) is 0 Å². The van der Waals surface area contributed by atoms with Crippen LogP contribution in [-0.2, 0) is 5.41 Å². The molecule has 0 atom stereocenters. The lowest BCUT2D eigenvalue weighted by molar-refractivity contribution is 0.791. The molecule has 2 aromatic heterocycles. The SMILES string of the molecule is [C-]#[N+]c1ccc2c(c1)C1(c3cc(C#N)ccc3-2)c2cc(-n3c4ccc(C(=C(c5ccccc5)c5ccccc5)c5ccccc5)cc4c4cc(C(=C(c5ccccc5)c5ccccc5)c5ccccc5)ccc43)ccc2-c2ccc(-n3c4ccc(C(=C(c5ccccc5)c5ccccc5)c5ccccc5)cc4c4cc(C(=C(c5ccccc5)c5ccccc5)c5ccccc5)ccc43)cc21. The Morgan fingerprint density at radius 2 is 0.400 bits per heavy atom. The summed E-state index contributed by atoms with van der Waals surface area (Å²) in [5, 5.41) is 15.7. The van der Waals surface area contributed by atoms with Crippen LogP contribution in [0.15, 0.2) is 510 Å². The molecule has 0 radical (unpaired) electrons. The number of nitrogens with zero attached hydrogens (tertiary/aromatic N) is 4. The molecule has 20 aromatic carbocycles. The second-order valence-corrected chi connectivity index (χ2v) is 34.9. The second kappa shape index (κ2) is 34.1. The summed E-state index contributed by atoms with van der Waals surface area (Å²) >= 11 is 0. The van der Waals surface area contributed by atoms with Crippen LogP contribution in [0.4, 0.5) is 5.69 Å². The molecule has 0 N–H and O–H groups in total. The topological polar surface area (TPSA) is 38.0 Å². The number of hydrogen-bond acceptors (Lipinski definition) is 1. The maximum atomic E-state index is 11.4. The summed E-state index contributed by atoms with van der Waals surface area (Å²) in [6, 6.07) is 188. The van der Waals surface area contributed by atoms with Crippen LogP contribution >= 0.6 is 0 Å². The Hall–Kier alpha value is -18.1. The van der Waals surface area contributed by atoms with Gasteiger partial charge in [-0.25, -0.2) is 4.85 Å². The molecule has 2 aliphatic carbocycles. The number of rotatable bonds is 18. The van der Waals surface area contributed by atoms with Gasteiger partial charge in [0, 0.05) is 32.9 Å². The number of fused-ring (bicyclic) bond motifs is 16. The minimum Gasteiger partial charge on any atom is -0.309 e. The first-order valence-corrected chi connectivity index (χ1v) is 46.1. The average Bonchev–Trinajstić information content (AvgIpc) is 1.50. The standard InChI is InChI=1S/C131H84N4/c1-133-104-67-71-108-107-70-62-87(86-132)78-115(107)131(116(108)83-104)117-84-105(134-119-74-63-100(127(96-54-30-10-31-55-96)123(88-38-14-2-15-39-88)89-40-16-3-17-41-89)79-111(119)112-80-101(64-75-120(112)134)128(97-56-32-11-33-57-97)124(90-42-18-4-19-43-90)91-44-20-5-21-45-91)68-72-109(117)110-73-69-106(85-118(110)131)135-121-76-65-102(129(98-58-34-12-35-59-98)125(92-46-22-6-23-47-92)93-48-24-7-25-49-93)81-113(121)114-82-103(66-77-122(114)135)130(99-60-36-13-37-61-99)126(94-50-26-8-27-51-94)95-52-28-9-29-53-95/h2-85H. The van der Waals surface area contributed by atoms with Crippen LogP contribution in [0.2, 0.25) is 0 Å². The summed E-state index contributed by atoms with van der Waals surface area (Å²) in [5.74, 6) is 0. The van der Waals surface area contributed by atoms with E-state index in [4.69, 9.17) is 6.57 Å². The highest BCUT2D eigenvalue weighted by atomic mass is 15.0. The average molecular weight is 1710 g/mol. The van der Waals surface area contributed by atoms with Crippen molar-refractivity contribution < 1.29 is 0 Å². The van der Waals surface area contributed by atoms with Crippen LogP contribution in [0.5, 0.6) is 0 Å². The molecule has 4 nitrogen and oxygen atoms in total. The first kappa shape index (κ1) is 80.3. The molecular weight excluding hydrogens is 1630 g/mol. The predicted molar refractivity (Wildman–Crippen MR) is 560 cm³/mol. The largest absolute Gasteiger partial charge is 0.309 e. The van der Waals surface area contributed by atoms with E-state index in [-0.39, 0.29) is 0 Å². The molecule has 1 spiro atoms. The van der Waals surface area contributed by atoms with E-state index in [1.807, 2.05) is 12.1 Å². The minimum atomic E-state index is -1.09. The van der Waals surface area contributed by atoms with Crippen LogP contribution < -0.4 is 0 Å². The van der Waals surface area contributed by atoms with Gasteiger partial charge in [-0.15, -0.1) is 0 Å². The van der Waals surface area contributed by atoms with E-state index in [9.17, 15) is 5.26 Å². The molecule has 22 aromatic rings. The molecule has 4 heteroatoms. The lowest BCUT2D eigenvalue weighted by Gasteiger charge is -2.31. The third-order valence-corrected chi connectivity index (χ3v) is 27.4. The van der Waals surface area contributed by atoms with Crippen molar-refractivity contribution in [3.8, 4) is 39.7 Å². The molecule has 0 saturated carbocycles. The monoisotopic (exact) mass is 1710 g/mol. The van der Waals surface area contributed by atoms with Crippen molar-refractivity contribution in [2.45, 2.75) is 5.41 Å². The Labute approximate surface area is 785 Å². The van der Waals surface area contributed by atoms with Crippen molar-refractivity contribution in [2.75, 3.05) is 0 Å². The maximum Gasteiger partial charge on any atom is 0.187 e. The highest BCUT2D eigenvalue weighted by Crippen LogP contribution is 2.65. The van der Waals surface area contributed by atoms with E-state index in [0.29, 0.717) is 11.3 Å². The molecule has 135 heavy (non-hydrogen) atoms. The van der Waals surface area contributed by atoms with Gasteiger partial charge in [0.05, 0.1) is 45.7 Å². The van der Waals surface area contributed by atoms with Gasteiger partial charge in [-0.05, 0) is 263 Å². The van der Waals surface area contributed by atoms with Crippen molar-refractivity contribution in [1.82, 2.24) is 9.13 Å². The Balaban J connectivity index is 0.778. The fourth-order valence-corrected chi connectivity index (χ4v) is 21.7. The van der Waals surface area contributed by atoms with Gasteiger partial charge in [0.25, 0.3) is 0 Å². The van der Waals surface area contributed by atoms with E-state index in [1.165, 1.54) is 0 Å². The summed E-state index contributed by atoms with van der Waals surface area (Å²) in [4.78, 5) is 4.28. The Morgan fingerprint density at radius 3 is 0.622 bits per heavy atom. The molecule has 2 aliphatic rings. The van der Waals surface area contributed by atoms with E-state index in [1.54, 1.807) is 0 Å². The zero-order valence-corrected chi connectivity index (χ0v) is 73.8. The van der Waals surface area contributed by atoms with Gasteiger partial charge in [-0.3, -0.25) is 0 Å². The zero-order valence-electron chi connectivity index (χ0n) is 73.8.